The minimum atomic E-state index is -1.03. The first-order valence-corrected chi connectivity index (χ1v) is 5.33. The van der Waals surface area contributed by atoms with Crippen LogP contribution < -0.4 is 5.73 Å². The highest BCUT2D eigenvalue weighted by atomic mass is 16.4. The molecule has 17 heavy (non-hydrogen) atoms. The van der Waals surface area contributed by atoms with Gasteiger partial charge in [0.2, 0.25) is 0 Å². The maximum Gasteiger partial charge on any atom is 0.337 e. The lowest BCUT2D eigenvalue weighted by Crippen LogP contribution is -2.34. The van der Waals surface area contributed by atoms with Gasteiger partial charge in [0.1, 0.15) is 11.9 Å². The molecule has 1 unspecified atom stereocenters. The number of aliphatic carboxylic acids is 1. The third kappa shape index (κ3) is 3.35. The molecule has 0 fully saturated rings. The Hall–Kier alpha value is -1.76. The molecule has 0 aromatic rings. The standard InChI is InChI=1S/C10H15N3O4/c1-6-12-8(14)9(15)13(6)5-3-2-4-7(11)10(16)17/h7H,2-5,11H2,1H3,(H,16,17). The van der Waals surface area contributed by atoms with Crippen LogP contribution in [-0.2, 0) is 14.4 Å². The quantitative estimate of drug-likeness (QED) is 0.474. The summed E-state index contributed by atoms with van der Waals surface area (Å²) in [5.41, 5.74) is 5.33. The molecule has 3 N–H and O–H groups in total. The van der Waals surface area contributed by atoms with Gasteiger partial charge < -0.3 is 10.8 Å². The molecule has 1 aliphatic heterocycles. The second kappa shape index (κ2) is 5.53. The SMILES string of the molecule is CC1=NC(=O)C(=O)N1CCCCC(N)C(=O)O. The van der Waals surface area contributed by atoms with Crippen molar-refractivity contribution in [2.45, 2.75) is 32.2 Å². The van der Waals surface area contributed by atoms with E-state index in [0.717, 1.165) is 0 Å². The molecule has 0 saturated heterocycles. The number of carbonyl (C=O) groups excluding carboxylic acids is 2. The molecule has 0 aliphatic carbocycles. The maximum atomic E-state index is 11.3. The number of nitrogens with zero attached hydrogens (tertiary/aromatic N) is 2. The third-order valence-electron chi connectivity index (χ3n) is 2.55. The summed E-state index contributed by atoms with van der Waals surface area (Å²) < 4.78 is 0. The average molecular weight is 241 g/mol. The number of unbranched alkanes of at least 4 members (excludes halogenated alkanes) is 1. The van der Waals surface area contributed by atoms with Crippen LogP contribution in [0.2, 0.25) is 0 Å². The summed E-state index contributed by atoms with van der Waals surface area (Å²) >= 11 is 0. The first-order chi connectivity index (χ1) is 7.93. The smallest absolute Gasteiger partial charge is 0.337 e. The van der Waals surface area contributed by atoms with Crippen molar-refractivity contribution in [2.75, 3.05) is 6.54 Å². The Balaban J connectivity index is 2.28. The monoisotopic (exact) mass is 241 g/mol. The van der Waals surface area contributed by atoms with Crippen molar-refractivity contribution < 1.29 is 19.5 Å². The van der Waals surface area contributed by atoms with Crippen molar-refractivity contribution in [3.63, 3.8) is 0 Å². The van der Waals surface area contributed by atoms with Crippen LogP contribution >= 0.6 is 0 Å². The van der Waals surface area contributed by atoms with Gasteiger partial charge in [0.15, 0.2) is 0 Å². The maximum absolute atomic E-state index is 11.3. The molecule has 0 radical (unpaired) electrons. The molecular weight excluding hydrogens is 226 g/mol. The Morgan fingerprint density at radius 1 is 1.47 bits per heavy atom. The molecule has 1 rings (SSSR count). The predicted octanol–water partition coefficient (Wildman–Crippen LogP) is -0.644. The minimum absolute atomic E-state index is 0.349. The summed E-state index contributed by atoms with van der Waals surface area (Å²) in [7, 11) is 0. The van der Waals surface area contributed by atoms with Crippen LogP contribution in [0.1, 0.15) is 26.2 Å². The predicted molar refractivity (Wildman–Crippen MR) is 59.3 cm³/mol. The van der Waals surface area contributed by atoms with E-state index < -0.39 is 23.8 Å². The zero-order valence-electron chi connectivity index (χ0n) is 9.55. The summed E-state index contributed by atoms with van der Waals surface area (Å²) in [4.78, 5) is 37.5. The Morgan fingerprint density at radius 2 is 2.12 bits per heavy atom. The lowest BCUT2D eigenvalue weighted by atomic mass is 10.1. The number of carboxylic acid groups (broad SMARTS) is 1. The fourth-order valence-electron chi connectivity index (χ4n) is 1.54. The fourth-order valence-corrected chi connectivity index (χ4v) is 1.54. The van der Waals surface area contributed by atoms with Gasteiger partial charge in [0.05, 0.1) is 0 Å². The first kappa shape index (κ1) is 13.3. The highest BCUT2D eigenvalue weighted by Gasteiger charge is 2.29. The van der Waals surface area contributed by atoms with Gasteiger partial charge in [0, 0.05) is 6.54 Å². The number of amidine groups is 1. The van der Waals surface area contributed by atoms with Crippen LogP contribution in [0.4, 0.5) is 0 Å². The lowest BCUT2D eigenvalue weighted by molar-refractivity contribution is -0.140. The second-order valence-electron chi connectivity index (χ2n) is 3.86. The normalized spacial score (nSPS) is 17.3. The van der Waals surface area contributed by atoms with Gasteiger partial charge in [0.25, 0.3) is 0 Å². The number of amides is 2. The van der Waals surface area contributed by atoms with E-state index in [1.807, 2.05) is 0 Å². The van der Waals surface area contributed by atoms with E-state index in [1.165, 1.54) is 4.90 Å². The molecule has 0 bridgehead atoms. The topological polar surface area (TPSA) is 113 Å². The van der Waals surface area contributed by atoms with Crippen LogP contribution in [0.3, 0.4) is 0 Å². The van der Waals surface area contributed by atoms with Crippen LogP contribution in [-0.4, -0.2) is 46.2 Å². The highest BCUT2D eigenvalue weighted by Crippen LogP contribution is 2.08. The molecule has 94 valence electrons. The average Bonchev–Trinajstić information content (AvgIpc) is 2.49. The van der Waals surface area contributed by atoms with Gasteiger partial charge in [-0.2, -0.15) is 4.99 Å². The van der Waals surface area contributed by atoms with Gasteiger partial charge in [-0.15, -0.1) is 0 Å². The summed E-state index contributed by atoms with van der Waals surface area (Å²) in [6.45, 7) is 1.96. The molecule has 2 amide bonds. The van der Waals surface area contributed by atoms with E-state index >= 15 is 0 Å². The van der Waals surface area contributed by atoms with E-state index in [0.29, 0.717) is 31.6 Å². The Morgan fingerprint density at radius 3 is 2.59 bits per heavy atom. The van der Waals surface area contributed by atoms with Gasteiger partial charge in [-0.05, 0) is 26.2 Å². The molecule has 0 saturated carbocycles. The van der Waals surface area contributed by atoms with Crippen LogP contribution in [0.15, 0.2) is 4.99 Å². The first-order valence-electron chi connectivity index (χ1n) is 5.33. The number of hydrogen-bond donors (Lipinski definition) is 2. The van der Waals surface area contributed by atoms with Gasteiger partial charge >= 0.3 is 17.8 Å². The summed E-state index contributed by atoms with van der Waals surface area (Å²) in [5.74, 6) is -2.01. The molecule has 0 aromatic carbocycles. The number of rotatable bonds is 6. The second-order valence-corrected chi connectivity index (χ2v) is 3.86. The molecule has 7 heteroatoms. The Bertz CT molecular complexity index is 378. The minimum Gasteiger partial charge on any atom is -0.480 e. The highest BCUT2D eigenvalue weighted by molar-refractivity contribution is 6.43. The molecule has 1 atom stereocenters. The van der Waals surface area contributed by atoms with Crippen molar-refractivity contribution in [3.05, 3.63) is 0 Å². The van der Waals surface area contributed by atoms with Gasteiger partial charge in [-0.1, -0.05) is 0 Å². The fraction of sp³-hybridized carbons (Fsp3) is 0.600. The Labute approximate surface area is 98.3 Å². The number of aliphatic imine (C=N–C) groups is 1. The van der Waals surface area contributed by atoms with Gasteiger partial charge in [-0.3, -0.25) is 19.3 Å². The molecule has 0 spiro atoms. The van der Waals surface area contributed by atoms with Crippen LogP contribution in [0, 0.1) is 0 Å². The van der Waals surface area contributed by atoms with Crippen molar-refractivity contribution >= 4 is 23.6 Å². The van der Waals surface area contributed by atoms with Crippen LogP contribution in [0.25, 0.3) is 0 Å². The van der Waals surface area contributed by atoms with E-state index in [2.05, 4.69) is 4.99 Å². The van der Waals surface area contributed by atoms with Crippen molar-refractivity contribution in [2.24, 2.45) is 10.7 Å². The summed E-state index contributed by atoms with van der Waals surface area (Å²) in [6.07, 6.45) is 1.52. The number of hydrogen-bond acceptors (Lipinski definition) is 4. The number of nitrogens with two attached hydrogens (primary N) is 1. The molecule has 7 nitrogen and oxygen atoms in total. The third-order valence-corrected chi connectivity index (χ3v) is 2.55. The Kier molecular flexibility index (Phi) is 4.33. The molecule has 1 heterocycles. The van der Waals surface area contributed by atoms with E-state index in [4.69, 9.17) is 10.8 Å². The molecule has 1 aliphatic rings. The van der Waals surface area contributed by atoms with Crippen molar-refractivity contribution in [1.29, 1.82) is 0 Å². The largest absolute Gasteiger partial charge is 0.480 e. The molecular formula is C10H15N3O4. The van der Waals surface area contributed by atoms with Crippen molar-refractivity contribution in [3.8, 4) is 0 Å². The molecule has 0 aromatic heterocycles. The zero-order valence-corrected chi connectivity index (χ0v) is 9.55. The lowest BCUT2D eigenvalue weighted by Gasteiger charge is -2.15. The van der Waals surface area contributed by atoms with Crippen LogP contribution in [0.5, 0.6) is 0 Å². The zero-order chi connectivity index (χ0) is 13.0. The summed E-state index contributed by atoms with van der Waals surface area (Å²) in [6, 6.07) is -0.874. The van der Waals surface area contributed by atoms with E-state index in [1.54, 1.807) is 6.92 Å². The van der Waals surface area contributed by atoms with E-state index in [9.17, 15) is 14.4 Å². The number of carbonyl (C=O) groups is 3. The van der Waals surface area contributed by atoms with Gasteiger partial charge in [-0.25, -0.2) is 0 Å². The van der Waals surface area contributed by atoms with E-state index in [-0.39, 0.29) is 0 Å². The number of carboxylic acids is 1. The summed E-state index contributed by atoms with van der Waals surface area (Å²) in [5, 5.41) is 8.56. The van der Waals surface area contributed by atoms with Crippen molar-refractivity contribution in [1.82, 2.24) is 4.90 Å².